The summed E-state index contributed by atoms with van der Waals surface area (Å²) in [5, 5.41) is 10.6. The van der Waals surface area contributed by atoms with Gasteiger partial charge in [-0.05, 0) is 36.2 Å². The van der Waals surface area contributed by atoms with Crippen molar-refractivity contribution in [1.29, 1.82) is 0 Å². The number of aromatic hydroxyl groups is 1. The number of fused-ring (bicyclic) bond motifs is 1. The summed E-state index contributed by atoms with van der Waals surface area (Å²) < 4.78 is 11.9. The lowest BCUT2D eigenvalue weighted by atomic mass is 9.89. The number of amides is 1. The van der Waals surface area contributed by atoms with E-state index in [1.165, 1.54) is 11.5 Å². The van der Waals surface area contributed by atoms with Gasteiger partial charge in [-0.2, -0.15) is 4.98 Å². The van der Waals surface area contributed by atoms with Crippen molar-refractivity contribution in [3.05, 3.63) is 70.1 Å². The van der Waals surface area contributed by atoms with E-state index in [9.17, 15) is 19.5 Å². The second-order valence-electron chi connectivity index (χ2n) is 7.82. The second-order valence-corrected chi connectivity index (χ2v) is 7.82. The topological polar surface area (TPSA) is 110 Å². The molecule has 33 heavy (non-hydrogen) atoms. The Labute approximate surface area is 190 Å². The smallest absolute Gasteiger partial charge is 0.306 e. The maximum Gasteiger partial charge on any atom is 0.306 e. The summed E-state index contributed by atoms with van der Waals surface area (Å²) in [7, 11) is 1.27. The number of carbonyl (C=O) groups excluding carboxylic acids is 2. The number of nitrogens with zero attached hydrogens (tertiary/aromatic N) is 3. The number of hydrogen-bond acceptors (Lipinski definition) is 7. The number of carbonyl (C=O) groups is 2. The molecule has 1 aliphatic rings. The van der Waals surface area contributed by atoms with Crippen molar-refractivity contribution < 1.29 is 24.2 Å². The third-order valence-electron chi connectivity index (χ3n) is 5.78. The minimum atomic E-state index is -0.758. The largest absolute Gasteiger partial charge is 0.493 e. The molecule has 3 heterocycles. The van der Waals surface area contributed by atoms with Gasteiger partial charge in [0.1, 0.15) is 18.0 Å². The fourth-order valence-electron chi connectivity index (χ4n) is 4.04. The van der Waals surface area contributed by atoms with Crippen LogP contribution in [0.1, 0.15) is 36.3 Å². The van der Waals surface area contributed by atoms with Crippen LogP contribution in [0.2, 0.25) is 0 Å². The van der Waals surface area contributed by atoms with Crippen molar-refractivity contribution in [3.63, 3.8) is 0 Å². The van der Waals surface area contributed by atoms with Gasteiger partial charge >= 0.3 is 5.97 Å². The predicted octanol–water partition coefficient (Wildman–Crippen LogP) is 2.10. The SMILES string of the molecule is COC(=O)C[C@@H](c1ccc(OCCN2CCCC2=O)cc1)c1c(O)nc2ccccn2c1=O. The highest BCUT2D eigenvalue weighted by molar-refractivity contribution is 5.78. The average Bonchev–Trinajstić information content (AvgIpc) is 3.23. The number of hydrogen-bond donors (Lipinski definition) is 1. The maximum atomic E-state index is 13.1. The summed E-state index contributed by atoms with van der Waals surface area (Å²) in [6.45, 7) is 1.65. The molecule has 1 atom stereocenters. The number of ether oxygens (including phenoxy) is 2. The van der Waals surface area contributed by atoms with Gasteiger partial charge in [0.05, 0.1) is 25.6 Å². The lowest BCUT2D eigenvalue weighted by molar-refractivity contribution is -0.140. The molecule has 3 aromatic rings. The first-order chi connectivity index (χ1) is 16.0. The van der Waals surface area contributed by atoms with Gasteiger partial charge in [0.25, 0.3) is 5.56 Å². The summed E-state index contributed by atoms with van der Waals surface area (Å²) >= 11 is 0. The van der Waals surface area contributed by atoms with E-state index < -0.39 is 23.3 Å². The molecule has 2 aromatic heterocycles. The highest BCUT2D eigenvalue weighted by Gasteiger charge is 2.27. The highest BCUT2D eigenvalue weighted by atomic mass is 16.5. The fourth-order valence-corrected chi connectivity index (χ4v) is 4.04. The van der Waals surface area contributed by atoms with Crippen LogP contribution in [0.25, 0.3) is 5.65 Å². The number of methoxy groups -OCH3 is 1. The third kappa shape index (κ3) is 4.82. The van der Waals surface area contributed by atoms with Crippen LogP contribution in [-0.4, -0.2) is 58.1 Å². The van der Waals surface area contributed by atoms with Crippen molar-refractivity contribution in [3.8, 4) is 11.6 Å². The summed E-state index contributed by atoms with van der Waals surface area (Å²) in [4.78, 5) is 42.9. The Morgan fingerprint density at radius 3 is 2.67 bits per heavy atom. The molecule has 0 aliphatic carbocycles. The van der Waals surface area contributed by atoms with E-state index >= 15 is 0 Å². The van der Waals surface area contributed by atoms with Crippen LogP contribution in [-0.2, 0) is 14.3 Å². The lowest BCUT2D eigenvalue weighted by Gasteiger charge is -2.19. The molecule has 0 radical (unpaired) electrons. The number of benzene rings is 1. The van der Waals surface area contributed by atoms with Gasteiger partial charge in [0.2, 0.25) is 11.8 Å². The molecule has 0 spiro atoms. The van der Waals surface area contributed by atoms with Gasteiger partial charge in [0, 0.05) is 25.1 Å². The molecule has 1 amide bonds. The first-order valence-corrected chi connectivity index (χ1v) is 10.8. The minimum absolute atomic E-state index is 0.0188. The first kappa shape index (κ1) is 22.3. The Morgan fingerprint density at radius 1 is 1.18 bits per heavy atom. The molecule has 1 saturated heterocycles. The van der Waals surface area contributed by atoms with E-state index in [4.69, 9.17) is 9.47 Å². The molecular formula is C24H25N3O6. The highest BCUT2D eigenvalue weighted by Crippen LogP contribution is 2.32. The van der Waals surface area contributed by atoms with E-state index in [2.05, 4.69) is 4.98 Å². The summed E-state index contributed by atoms with van der Waals surface area (Å²) in [5.74, 6) is -0.955. The Morgan fingerprint density at radius 2 is 1.97 bits per heavy atom. The Balaban J connectivity index is 1.59. The molecule has 0 unspecified atom stereocenters. The molecule has 9 heteroatoms. The maximum absolute atomic E-state index is 13.1. The van der Waals surface area contributed by atoms with E-state index in [0.29, 0.717) is 36.5 Å². The number of likely N-dealkylation sites (tertiary alicyclic amines) is 1. The second kappa shape index (κ2) is 9.72. The van der Waals surface area contributed by atoms with Crippen LogP contribution in [0.15, 0.2) is 53.5 Å². The van der Waals surface area contributed by atoms with Gasteiger partial charge in [-0.25, -0.2) is 0 Å². The van der Waals surface area contributed by atoms with Crippen molar-refractivity contribution in [2.24, 2.45) is 0 Å². The van der Waals surface area contributed by atoms with Gasteiger partial charge in [-0.3, -0.25) is 18.8 Å². The Kier molecular flexibility index (Phi) is 6.58. The van der Waals surface area contributed by atoms with Crippen LogP contribution in [0.5, 0.6) is 11.6 Å². The quantitative estimate of drug-likeness (QED) is 0.522. The van der Waals surface area contributed by atoms with Crippen LogP contribution in [0, 0.1) is 0 Å². The molecule has 1 N–H and O–H groups in total. The molecule has 1 aromatic carbocycles. The van der Waals surface area contributed by atoms with Crippen molar-refractivity contribution >= 4 is 17.5 Å². The molecule has 172 valence electrons. The molecule has 9 nitrogen and oxygen atoms in total. The molecular weight excluding hydrogens is 426 g/mol. The Bertz CT molecular complexity index is 1220. The zero-order chi connectivity index (χ0) is 23.4. The zero-order valence-corrected chi connectivity index (χ0v) is 18.3. The molecule has 4 rings (SSSR count). The Hall–Kier alpha value is -3.88. The zero-order valence-electron chi connectivity index (χ0n) is 18.3. The molecule has 0 bridgehead atoms. The van der Waals surface area contributed by atoms with Crippen molar-refractivity contribution in [2.45, 2.75) is 25.2 Å². The van der Waals surface area contributed by atoms with Crippen LogP contribution in [0.4, 0.5) is 0 Å². The fraction of sp³-hybridized carbons (Fsp3) is 0.333. The minimum Gasteiger partial charge on any atom is -0.493 e. The lowest BCUT2D eigenvalue weighted by Crippen LogP contribution is -2.29. The monoisotopic (exact) mass is 451 g/mol. The summed E-state index contributed by atoms with van der Waals surface area (Å²) in [5.41, 5.74) is 0.501. The number of rotatable bonds is 8. The molecule has 1 fully saturated rings. The number of esters is 1. The van der Waals surface area contributed by atoms with E-state index in [-0.39, 0.29) is 17.9 Å². The van der Waals surface area contributed by atoms with E-state index in [0.717, 1.165) is 13.0 Å². The summed E-state index contributed by atoms with van der Waals surface area (Å²) in [6, 6.07) is 12.0. The van der Waals surface area contributed by atoms with Gasteiger partial charge in [-0.15, -0.1) is 0 Å². The normalized spacial score (nSPS) is 14.5. The molecule has 0 saturated carbocycles. The van der Waals surface area contributed by atoms with Gasteiger partial charge in [0.15, 0.2) is 0 Å². The number of aromatic nitrogens is 2. The average molecular weight is 451 g/mol. The summed E-state index contributed by atoms with van der Waals surface area (Å²) in [6.07, 6.45) is 2.89. The van der Waals surface area contributed by atoms with Crippen LogP contribution < -0.4 is 10.3 Å². The van der Waals surface area contributed by atoms with Crippen LogP contribution in [0.3, 0.4) is 0 Å². The first-order valence-electron chi connectivity index (χ1n) is 10.8. The van der Waals surface area contributed by atoms with E-state index in [1.807, 2.05) is 0 Å². The van der Waals surface area contributed by atoms with Crippen molar-refractivity contribution in [1.82, 2.24) is 14.3 Å². The van der Waals surface area contributed by atoms with Gasteiger partial charge in [-0.1, -0.05) is 18.2 Å². The van der Waals surface area contributed by atoms with E-state index in [1.54, 1.807) is 53.6 Å². The van der Waals surface area contributed by atoms with Gasteiger partial charge < -0.3 is 19.5 Å². The molecule has 1 aliphatic heterocycles. The third-order valence-corrected chi connectivity index (χ3v) is 5.78. The number of pyridine rings is 1. The van der Waals surface area contributed by atoms with Crippen LogP contribution >= 0.6 is 0 Å². The van der Waals surface area contributed by atoms with Crippen molar-refractivity contribution in [2.75, 3.05) is 26.8 Å². The predicted molar refractivity (Wildman–Crippen MR) is 119 cm³/mol. The standard InChI is InChI=1S/C24H25N3O6/c1-32-21(29)15-18(22-23(30)25-19-5-2-3-12-27(19)24(22)31)16-7-9-17(10-8-16)33-14-13-26-11-4-6-20(26)28/h2-3,5,7-10,12,18,30H,4,6,11,13-15H2,1H3/t18-/m0/s1.